The number of hydrogen-bond acceptors (Lipinski definition) is 3. The Labute approximate surface area is 97.9 Å². The Morgan fingerprint density at radius 2 is 2.24 bits per heavy atom. The van der Waals surface area contributed by atoms with Gasteiger partial charge in [-0.2, -0.15) is 0 Å². The lowest BCUT2D eigenvalue weighted by atomic mass is 10.1. The fourth-order valence-corrected chi connectivity index (χ4v) is 1.71. The minimum absolute atomic E-state index is 0.102. The van der Waals surface area contributed by atoms with E-state index in [1.165, 1.54) is 6.92 Å². The van der Waals surface area contributed by atoms with Gasteiger partial charge in [-0.15, -0.1) is 0 Å². The second-order valence-electron chi connectivity index (χ2n) is 3.93. The highest BCUT2D eigenvalue weighted by Crippen LogP contribution is 2.18. The van der Waals surface area contributed by atoms with Gasteiger partial charge in [0.2, 0.25) is 5.91 Å². The summed E-state index contributed by atoms with van der Waals surface area (Å²) < 4.78 is 0. The molecule has 1 amide bonds. The van der Waals surface area contributed by atoms with Crippen molar-refractivity contribution in [3.8, 4) is 0 Å². The van der Waals surface area contributed by atoms with Crippen LogP contribution >= 0.6 is 0 Å². The van der Waals surface area contributed by atoms with Crippen molar-refractivity contribution < 1.29 is 4.79 Å². The van der Waals surface area contributed by atoms with Crippen molar-refractivity contribution in [3.05, 3.63) is 39.9 Å². The SMILES string of the molecule is CC(=O)NCc1ccc(C)c2cnc(=O)[nH]c12. The van der Waals surface area contributed by atoms with E-state index in [4.69, 9.17) is 0 Å². The van der Waals surface area contributed by atoms with E-state index in [2.05, 4.69) is 15.3 Å². The predicted molar refractivity (Wildman–Crippen MR) is 64.6 cm³/mol. The molecule has 0 aliphatic rings. The van der Waals surface area contributed by atoms with E-state index in [1.54, 1.807) is 6.20 Å². The minimum atomic E-state index is -0.382. The molecule has 1 aromatic carbocycles. The highest BCUT2D eigenvalue weighted by molar-refractivity contribution is 5.84. The lowest BCUT2D eigenvalue weighted by molar-refractivity contribution is -0.119. The molecule has 5 nitrogen and oxygen atoms in total. The molecule has 0 bridgehead atoms. The Morgan fingerprint density at radius 1 is 1.47 bits per heavy atom. The van der Waals surface area contributed by atoms with Gasteiger partial charge in [-0.05, 0) is 18.1 Å². The maximum atomic E-state index is 11.2. The third-order valence-electron chi connectivity index (χ3n) is 2.62. The molecule has 1 heterocycles. The highest BCUT2D eigenvalue weighted by Gasteiger charge is 2.05. The molecule has 0 aliphatic heterocycles. The third kappa shape index (κ3) is 2.33. The van der Waals surface area contributed by atoms with Crippen molar-refractivity contribution in [2.45, 2.75) is 20.4 Å². The Bertz CT molecular complexity index is 631. The summed E-state index contributed by atoms with van der Waals surface area (Å²) in [5.41, 5.74) is 2.27. The van der Waals surface area contributed by atoms with Gasteiger partial charge in [0.25, 0.3) is 0 Å². The first kappa shape index (κ1) is 11.3. The normalized spacial score (nSPS) is 10.5. The summed E-state index contributed by atoms with van der Waals surface area (Å²) in [6, 6.07) is 3.84. The number of aryl methyl sites for hydroxylation is 1. The van der Waals surface area contributed by atoms with Crippen LogP contribution in [0.15, 0.2) is 23.1 Å². The molecule has 0 aliphatic carbocycles. The molecule has 88 valence electrons. The summed E-state index contributed by atoms with van der Waals surface area (Å²) >= 11 is 0. The quantitative estimate of drug-likeness (QED) is 0.805. The fourth-order valence-electron chi connectivity index (χ4n) is 1.71. The van der Waals surface area contributed by atoms with Crippen molar-refractivity contribution in [2.24, 2.45) is 0 Å². The maximum absolute atomic E-state index is 11.2. The van der Waals surface area contributed by atoms with Crippen molar-refractivity contribution >= 4 is 16.8 Å². The Kier molecular flexibility index (Phi) is 2.91. The first-order chi connectivity index (χ1) is 8.08. The van der Waals surface area contributed by atoms with Gasteiger partial charge in [0.05, 0.1) is 5.52 Å². The summed E-state index contributed by atoms with van der Waals surface area (Å²) in [5.74, 6) is -0.102. The molecule has 0 radical (unpaired) electrons. The van der Waals surface area contributed by atoms with E-state index in [-0.39, 0.29) is 11.6 Å². The van der Waals surface area contributed by atoms with Crippen LogP contribution in [0.3, 0.4) is 0 Å². The monoisotopic (exact) mass is 231 g/mol. The van der Waals surface area contributed by atoms with Gasteiger partial charge in [-0.3, -0.25) is 4.79 Å². The molecule has 2 N–H and O–H groups in total. The second kappa shape index (κ2) is 4.37. The van der Waals surface area contributed by atoms with E-state index >= 15 is 0 Å². The van der Waals surface area contributed by atoms with Crippen LogP contribution in [0.2, 0.25) is 0 Å². The van der Waals surface area contributed by atoms with E-state index in [0.29, 0.717) is 6.54 Å². The predicted octanol–water partition coefficient (Wildman–Crippen LogP) is 0.868. The van der Waals surface area contributed by atoms with Crippen LogP contribution in [-0.4, -0.2) is 15.9 Å². The van der Waals surface area contributed by atoms with Crippen molar-refractivity contribution in [1.29, 1.82) is 0 Å². The van der Waals surface area contributed by atoms with Crippen LogP contribution in [-0.2, 0) is 11.3 Å². The number of nitrogens with one attached hydrogen (secondary N) is 2. The highest BCUT2D eigenvalue weighted by atomic mass is 16.1. The number of rotatable bonds is 2. The number of amides is 1. The number of H-pyrrole nitrogens is 1. The Balaban J connectivity index is 2.55. The van der Waals surface area contributed by atoms with Gasteiger partial charge in [-0.1, -0.05) is 12.1 Å². The molecule has 0 saturated carbocycles. The van der Waals surface area contributed by atoms with E-state index < -0.39 is 0 Å². The standard InChI is InChI=1S/C12H13N3O2/c1-7-3-4-9(5-13-8(2)16)11-10(7)6-14-12(17)15-11/h3-4,6H,5H2,1-2H3,(H,13,16)(H,14,15,17). The molecule has 2 aromatic rings. The minimum Gasteiger partial charge on any atom is -0.352 e. The van der Waals surface area contributed by atoms with Crippen LogP contribution < -0.4 is 11.0 Å². The molecule has 1 aromatic heterocycles. The first-order valence-electron chi connectivity index (χ1n) is 5.30. The van der Waals surface area contributed by atoms with Crippen LogP contribution in [0.4, 0.5) is 0 Å². The summed E-state index contributed by atoms with van der Waals surface area (Å²) in [6.07, 6.45) is 1.56. The summed E-state index contributed by atoms with van der Waals surface area (Å²) in [5, 5.41) is 3.61. The van der Waals surface area contributed by atoms with Gasteiger partial charge < -0.3 is 10.3 Å². The van der Waals surface area contributed by atoms with Gasteiger partial charge in [-0.25, -0.2) is 9.78 Å². The molecule has 0 saturated heterocycles. The average Bonchev–Trinajstić information content (AvgIpc) is 2.28. The molecular weight excluding hydrogens is 218 g/mol. The van der Waals surface area contributed by atoms with Crippen LogP contribution in [0.5, 0.6) is 0 Å². The number of carbonyl (C=O) groups excluding carboxylic acids is 1. The smallest absolute Gasteiger partial charge is 0.345 e. The summed E-state index contributed by atoms with van der Waals surface area (Å²) in [6.45, 7) is 3.80. The first-order valence-corrected chi connectivity index (χ1v) is 5.30. The van der Waals surface area contributed by atoms with Gasteiger partial charge in [0.1, 0.15) is 0 Å². The number of nitrogens with zero attached hydrogens (tertiary/aromatic N) is 1. The van der Waals surface area contributed by atoms with E-state index in [1.807, 2.05) is 19.1 Å². The molecule has 0 atom stereocenters. The van der Waals surface area contributed by atoms with E-state index in [9.17, 15) is 9.59 Å². The molecule has 5 heteroatoms. The van der Waals surface area contributed by atoms with Gasteiger partial charge >= 0.3 is 5.69 Å². The zero-order chi connectivity index (χ0) is 12.4. The molecule has 2 rings (SSSR count). The largest absolute Gasteiger partial charge is 0.352 e. The van der Waals surface area contributed by atoms with Crippen LogP contribution in [0.1, 0.15) is 18.1 Å². The van der Waals surface area contributed by atoms with Gasteiger partial charge in [0.15, 0.2) is 0 Å². The number of fused-ring (bicyclic) bond motifs is 1. The molecular formula is C12H13N3O2. The van der Waals surface area contributed by atoms with Crippen molar-refractivity contribution in [2.75, 3.05) is 0 Å². The zero-order valence-corrected chi connectivity index (χ0v) is 9.70. The number of benzene rings is 1. The number of carbonyl (C=O) groups is 1. The second-order valence-corrected chi connectivity index (χ2v) is 3.93. The molecule has 17 heavy (non-hydrogen) atoms. The topological polar surface area (TPSA) is 74.8 Å². The van der Waals surface area contributed by atoms with E-state index in [0.717, 1.165) is 22.0 Å². The molecule has 0 unspecified atom stereocenters. The summed E-state index contributed by atoms with van der Waals surface area (Å²) in [7, 11) is 0. The third-order valence-corrected chi connectivity index (χ3v) is 2.62. The van der Waals surface area contributed by atoms with Crippen LogP contribution in [0.25, 0.3) is 10.9 Å². The van der Waals surface area contributed by atoms with Crippen molar-refractivity contribution in [1.82, 2.24) is 15.3 Å². The maximum Gasteiger partial charge on any atom is 0.345 e. The molecule has 0 fully saturated rings. The van der Waals surface area contributed by atoms with Crippen LogP contribution in [0, 0.1) is 6.92 Å². The van der Waals surface area contributed by atoms with Gasteiger partial charge in [0, 0.05) is 25.1 Å². The Morgan fingerprint density at radius 3 is 2.94 bits per heavy atom. The number of aromatic amines is 1. The summed E-state index contributed by atoms with van der Waals surface area (Å²) in [4.78, 5) is 28.5. The zero-order valence-electron chi connectivity index (χ0n) is 9.70. The number of hydrogen-bond donors (Lipinski definition) is 2. The lowest BCUT2D eigenvalue weighted by Gasteiger charge is -2.08. The molecule has 0 spiro atoms. The van der Waals surface area contributed by atoms with Crippen molar-refractivity contribution in [3.63, 3.8) is 0 Å². The average molecular weight is 231 g/mol. The lowest BCUT2D eigenvalue weighted by Crippen LogP contribution is -2.20. The fraction of sp³-hybridized carbons (Fsp3) is 0.250. The Hall–Kier alpha value is -2.17. The number of aromatic nitrogens is 2.